The van der Waals surface area contributed by atoms with Crippen molar-refractivity contribution in [2.24, 2.45) is 0 Å². The quantitative estimate of drug-likeness (QED) is 0.565. The van der Waals surface area contributed by atoms with Gasteiger partial charge in [-0.3, -0.25) is 10.1 Å². The molecule has 1 saturated heterocycles. The molecule has 1 heterocycles. The van der Waals surface area contributed by atoms with Crippen molar-refractivity contribution in [3.05, 3.63) is 38.4 Å². The Labute approximate surface area is 108 Å². The van der Waals surface area contributed by atoms with Gasteiger partial charge in [-0.2, -0.15) is 11.8 Å². The normalized spacial score (nSPS) is 14.1. The van der Waals surface area contributed by atoms with Crippen LogP contribution in [0.3, 0.4) is 0 Å². The van der Waals surface area contributed by atoms with Crippen LogP contribution in [0.1, 0.15) is 12.8 Å². The third kappa shape index (κ3) is 4.20. The summed E-state index contributed by atoms with van der Waals surface area (Å²) in [5.74, 6) is 2.83. The van der Waals surface area contributed by atoms with E-state index < -0.39 is 4.92 Å². The number of rotatable bonds is 1. The van der Waals surface area contributed by atoms with Gasteiger partial charge in [0.05, 0.1) is 9.95 Å². The Kier molecular flexibility index (Phi) is 5.95. The van der Waals surface area contributed by atoms with Gasteiger partial charge in [-0.15, -0.1) is 0 Å². The van der Waals surface area contributed by atoms with Crippen LogP contribution in [0.4, 0.5) is 5.69 Å². The van der Waals surface area contributed by atoms with E-state index in [9.17, 15) is 10.1 Å². The van der Waals surface area contributed by atoms with Gasteiger partial charge in [0.25, 0.3) is 5.69 Å². The minimum absolute atomic E-state index is 0.0147. The molecule has 0 unspecified atom stereocenters. The molecule has 0 radical (unpaired) electrons. The van der Waals surface area contributed by atoms with E-state index in [0.717, 1.165) is 0 Å². The van der Waals surface area contributed by atoms with Crippen LogP contribution in [-0.2, 0) is 0 Å². The lowest BCUT2D eigenvalue weighted by Gasteiger charge is -1.94. The van der Waals surface area contributed by atoms with Crippen molar-refractivity contribution in [1.82, 2.24) is 0 Å². The number of nitrogens with zero attached hydrogens (tertiary/aromatic N) is 1. The van der Waals surface area contributed by atoms with E-state index in [1.54, 1.807) is 0 Å². The monoisotopic (exact) mass is 279 g/mol. The van der Waals surface area contributed by atoms with Crippen molar-refractivity contribution >= 4 is 40.7 Å². The molecule has 0 amide bonds. The number of hydrogen-bond acceptors (Lipinski definition) is 3. The maximum absolute atomic E-state index is 10.2. The third-order valence-corrected chi connectivity index (χ3v) is 3.92. The molecule has 1 fully saturated rings. The van der Waals surface area contributed by atoms with Crippen LogP contribution in [-0.4, -0.2) is 16.4 Å². The summed E-state index contributed by atoms with van der Waals surface area (Å²) in [7, 11) is 0. The predicted molar refractivity (Wildman–Crippen MR) is 69.7 cm³/mol. The number of thioether (sulfide) groups is 1. The molecule has 0 aromatic heterocycles. The van der Waals surface area contributed by atoms with Crippen LogP contribution in [0.5, 0.6) is 0 Å². The first kappa shape index (κ1) is 13.6. The molecule has 3 nitrogen and oxygen atoms in total. The molecule has 1 aromatic rings. The molecule has 2 rings (SSSR count). The molecule has 0 N–H and O–H groups in total. The zero-order valence-electron chi connectivity index (χ0n) is 8.49. The lowest BCUT2D eigenvalue weighted by Crippen LogP contribution is -1.88. The summed E-state index contributed by atoms with van der Waals surface area (Å²) in [6, 6.07) is 4.28. The fourth-order valence-corrected chi connectivity index (χ4v) is 2.53. The van der Waals surface area contributed by atoms with Gasteiger partial charge in [0.15, 0.2) is 0 Å². The molecule has 1 aliphatic rings. The molecule has 0 aliphatic carbocycles. The summed E-state index contributed by atoms with van der Waals surface area (Å²) < 4.78 is 0. The Bertz CT molecular complexity index is 362. The van der Waals surface area contributed by atoms with Gasteiger partial charge < -0.3 is 0 Å². The van der Waals surface area contributed by atoms with Gasteiger partial charge in [-0.1, -0.05) is 29.3 Å². The second kappa shape index (κ2) is 6.99. The summed E-state index contributed by atoms with van der Waals surface area (Å²) >= 11 is 13.1. The Morgan fingerprint density at radius 1 is 1.25 bits per heavy atom. The molecule has 0 saturated carbocycles. The first-order chi connectivity index (χ1) is 7.63. The Morgan fingerprint density at radius 2 is 1.88 bits per heavy atom. The first-order valence-electron chi connectivity index (χ1n) is 4.79. The van der Waals surface area contributed by atoms with Crippen molar-refractivity contribution in [2.75, 3.05) is 11.5 Å². The Morgan fingerprint density at radius 3 is 2.25 bits per heavy atom. The highest BCUT2D eigenvalue weighted by molar-refractivity contribution is 7.99. The molecule has 1 aliphatic heterocycles. The maximum Gasteiger partial charge on any atom is 0.289 e. The highest BCUT2D eigenvalue weighted by atomic mass is 35.5. The van der Waals surface area contributed by atoms with Gasteiger partial charge in [-0.05, 0) is 30.4 Å². The van der Waals surface area contributed by atoms with Crippen molar-refractivity contribution in [2.45, 2.75) is 12.8 Å². The van der Waals surface area contributed by atoms with Gasteiger partial charge in [0.2, 0.25) is 0 Å². The molecule has 6 heteroatoms. The average molecular weight is 280 g/mol. The second-order valence-electron chi connectivity index (χ2n) is 3.15. The van der Waals surface area contributed by atoms with Crippen LogP contribution in [0.2, 0.25) is 10.0 Å². The summed E-state index contributed by atoms with van der Waals surface area (Å²) in [4.78, 5) is 9.66. The summed E-state index contributed by atoms with van der Waals surface area (Å²) in [6.45, 7) is 0. The highest BCUT2D eigenvalue weighted by Gasteiger charge is 2.13. The minimum atomic E-state index is -0.575. The maximum atomic E-state index is 10.2. The van der Waals surface area contributed by atoms with Crippen LogP contribution >= 0.6 is 35.0 Å². The largest absolute Gasteiger partial charge is 0.289 e. The van der Waals surface area contributed by atoms with E-state index in [2.05, 4.69) is 11.8 Å². The second-order valence-corrected chi connectivity index (χ2v) is 5.16. The Balaban J connectivity index is 0.000000212. The highest BCUT2D eigenvalue weighted by Crippen LogP contribution is 2.30. The molecule has 0 atom stereocenters. The molecular weight excluding hydrogens is 269 g/mol. The fourth-order valence-electron chi connectivity index (χ4n) is 1.14. The average Bonchev–Trinajstić information content (AvgIpc) is 2.80. The van der Waals surface area contributed by atoms with Gasteiger partial charge in [-0.25, -0.2) is 0 Å². The lowest BCUT2D eigenvalue weighted by atomic mass is 10.3. The van der Waals surface area contributed by atoms with Crippen molar-refractivity contribution in [3.63, 3.8) is 0 Å². The lowest BCUT2D eigenvalue weighted by molar-refractivity contribution is -0.384. The summed E-state index contributed by atoms with van der Waals surface area (Å²) in [6.07, 6.45) is 2.93. The zero-order chi connectivity index (χ0) is 12.0. The minimum Gasteiger partial charge on any atom is -0.258 e. The van der Waals surface area contributed by atoms with Gasteiger partial charge in [0.1, 0.15) is 5.02 Å². The van der Waals surface area contributed by atoms with Crippen LogP contribution < -0.4 is 0 Å². The van der Waals surface area contributed by atoms with Crippen molar-refractivity contribution in [3.8, 4) is 0 Å². The van der Waals surface area contributed by atoms with Crippen molar-refractivity contribution < 1.29 is 4.92 Å². The van der Waals surface area contributed by atoms with Crippen molar-refractivity contribution in [1.29, 1.82) is 0 Å². The van der Waals surface area contributed by atoms with E-state index in [4.69, 9.17) is 23.2 Å². The predicted octanol–water partition coefficient (Wildman–Crippen LogP) is 4.42. The molecule has 1 aromatic carbocycles. The number of hydrogen-bond donors (Lipinski definition) is 0. The number of halogens is 2. The molecule has 16 heavy (non-hydrogen) atoms. The standard InChI is InChI=1S/C6H3Cl2NO2.C4H8S/c7-4-2-1-3-5(6(4)8)9(10)11;1-2-4-5-3-1/h1-3H;1-4H2. The smallest absolute Gasteiger partial charge is 0.258 e. The van der Waals surface area contributed by atoms with E-state index in [0.29, 0.717) is 0 Å². The molecule has 88 valence electrons. The molecular formula is C10H11Cl2NO2S. The third-order valence-electron chi connectivity index (χ3n) is 1.96. The van der Waals surface area contributed by atoms with E-state index in [1.807, 2.05) is 0 Å². The molecule has 0 bridgehead atoms. The van der Waals surface area contributed by atoms with Gasteiger partial charge >= 0.3 is 0 Å². The summed E-state index contributed by atoms with van der Waals surface area (Å²) in [5.41, 5.74) is -0.167. The van der Waals surface area contributed by atoms with E-state index >= 15 is 0 Å². The van der Waals surface area contributed by atoms with Crippen LogP contribution in [0.15, 0.2) is 18.2 Å². The number of nitro benzene ring substituents is 1. The van der Waals surface area contributed by atoms with Gasteiger partial charge in [0, 0.05) is 6.07 Å². The van der Waals surface area contributed by atoms with Crippen LogP contribution in [0, 0.1) is 10.1 Å². The molecule has 0 spiro atoms. The topological polar surface area (TPSA) is 43.1 Å². The van der Waals surface area contributed by atoms with Crippen LogP contribution in [0.25, 0.3) is 0 Å². The zero-order valence-corrected chi connectivity index (χ0v) is 10.8. The number of nitro groups is 1. The van der Waals surface area contributed by atoms with E-state index in [1.165, 1.54) is 42.5 Å². The first-order valence-corrected chi connectivity index (χ1v) is 6.70. The summed E-state index contributed by atoms with van der Waals surface area (Å²) in [5, 5.41) is 10.4. The number of benzene rings is 1. The fraction of sp³-hybridized carbons (Fsp3) is 0.400. The van der Waals surface area contributed by atoms with E-state index in [-0.39, 0.29) is 15.7 Å². The SMILES string of the molecule is C1CCSC1.O=[N+]([O-])c1cccc(Cl)c1Cl. The Hall–Kier alpha value is -0.450.